The van der Waals surface area contributed by atoms with Crippen molar-refractivity contribution in [2.45, 2.75) is 38.9 Å². The van der Waals surface area contributed by atoms with Crippen molar-refractivity contribution in [2.75, 3.05) is 18.8 Å². The lowest BCUT2D eigenvalue weighted by molar-refractivity contribution is -0.118. The number of carbonyl (C=O) groups is 1. The summed E-state index contributed by atoms with van der Waals surface area (Å²) >= 11 is 1.37. The number of thioether (sulfide) groups is 1. The van der Waals surface area contributed by atoms with Gasteiger partial charge in [0.15, 0.2) is 5.16 Å². The Hall–Kier alpha value is -0.850. The molecule has 0 saturated heterocycles. The van der Waals surface area contributed by atoms with Gasteiger partial charge in [0.25, 0.3) is 0 Å². The topological polar surface area (TPSA) is 66.9 Å². The summed E-state index contributed by atoms with van der Waals surface area (Å²) in [4.78, 5) is 20.3. The van der Waals surface area contributed by atoms with Crippen molar-refractivity contribution in [2.24, 2.45) is 0 Å². The lowest BCUT2D eigenvalue weighted by atomic mass is 10.3. The fraction of sp³-hybridized carbons (Fsp3) is 0.615. The fourth-order valence-corrected chi connectivity index (χ4v) is 2.41. The first-order valence-electron chi connectivity index (χ1n) is 6.46. The highest BCUT2D eigenvalue weighted by atomic mass is 35.5. The highest BCUT2D eigenvalue weighted by Gasteiger charge is 2.07. The molecule has 114 valence electrons. The average Bonchev–Trinajstić information content (AvgIpc) is 2.33. The SMILES string of the molecule is CCN[C@H](C)CNC(=O)CSc1nc(C)cc(C)n1.Cl. The van der Waals surface area contributed by atoms with Gasteiger partial charge in [0.05, 0.1) is 5.75 Å². The smallest absolute Gasteiger partial charge is 0.230 e. The van der Waals surface area contributed by atoms with Gasteiger partial charge in [-0.3, -0.25) is 4.79 Å². The van der Waals surface area contributed by atoms with Crippen LogP contribution in [0.5, 0.6) is 0 Å². The number of halogens is 1. The summed E-state index contributed by atoms with van der Waals surface area (Å²) in [5.74, 6) is 0.361. The molecule has 0 fully saturated rings. The number of amides is 1. The normalized spacial score (nSPS) is 11.6. The van der Waals surface area contributed by atoms with Crippen LogP contribution >= 0.6 is 24.2 Å². The number of aromatic nitrogens is 2. The predicted molar refractivity (Wildman–Crippen MR) is 85.6 cm³/mol. The first-order valence-corrected chi connectivity index (χ1v) is 7.45. The van der Waals surface area contributed by atoms with Crippen molar-refractivity contribution in [3.05, 3.63) is 17.5 Å². The highest BCUT2D eigenvalue weighted by molar-refractivity contribution is 7.99. The summed E-state index contributed by atoms with van der Waals surface area (Å²) in [6.45, 7) is 9.49. The van der Waals surface area contributed by atoms with Crippen LogP contribution < -0.4 is 10.6 Å². The molecular weight excluding hydrogens is 296 g/mol. The largest absolute Gasteiger partial charge is 0.354 e. The molecule has 0 aromatic carbocycles. The molecule has 0 bridgehead atoms. The molecule has 0 saturated carbocycles. The Morgan fingerprint density at radius 3 is 2.50 bits per heavy atom. The maximum Gasteiger partial charge on any atom is 0.230 e. The van der Waals surface area contributed by atoms with Gasteiger partial charge in [-0.1, -0.05) is 18.7 Å². The highest BCUT2D eigenvalue weighted by Crippen LogP contribution is 2.13. The predicted octanol–water partition coefficient (Wildman–Crippen LogP) is 1.72. The third kappa shape index (κ3) is 7.67. The number of nitrogens with zero attached hydrogens (tertiary/aromatic N) is 2. The molecule has 0 aliphatic carbocycles. The van der Waals surface area contributed by atoms with Crippen LogP contribution in [-0.4, -0.2) is 40.8 Å². The van der Waals surface area contributed by atoms with E-state index in [2.05, 4.69) is 20.6 Å². The maximum atomic E-state index is 11.7. The van der Waals surface area contributed by atoms with Gasteiger partial charge < -0.3 is 10.6 Å². The molecule has 0 aliphatic heterocycles. The summed E-state index contributed by atoms with van der Waals surface area (Å²) in [5.41, 5.74) is 1.85. The molecule has 1 amide bonds. The van der Waals surface area contributed by atoms with Gasteiger partial charge >= 0.3 is 0 Å². The van der Waals surface area contributed by atoms with Crippen LogP contribution in [0.2, 0.25) is 0 Å². The van der Waals surface area contributed by atoms with Crippen LogP contribution in [-0.2, 0) is 4.79 Å². The van der Waals surface area contributed by atoms with Crippen LogP contribution in [0.1, 0.15) is 25.2 Å². The van der Waals surface area contributed by atoms with Crippen LogP contribution in [0.15, 0.2) is 11.2 Å². The summed E-state index contributed by atoms with van der Waals surface area (Å²) in [7, 11) is 0. The molecule has 1 aromatic heterocycles. The molecule has 5 nitrogen and oxygen atoms in total. The molecule has 7 heteroatoms. The number of hydrogen-bond acceptors (Lipinski definition) is 5. The van der Waals surface area contributed by atoms with E-state index in [9.17, 15) is 4.79 Å². The zero-order valence-corrected chi connectivity index (χ0v) is 14.0. The van der Waals surface area contributed by atoms with Crippen molar-refractivity contribution >= 4 is 30.1 Å². The van der Waals surface area contributed by atoms with E-state index in [4.69, 9.17) is 0 Å². The Morgan fingerprint density at radius 2 is 1.95 bits per heavy atom. The van der Waals surface area contributed by atoms with Crippen molar-refractivity contribution < 1.29 is 4.79 Å². The third-order valence-electron chi connectivity index (χ3n) is 2.45. The number of nitrogens with one attached hydrogen (secondary N) is 2. The van der Waals surface area contributed by atoms with Gasteiger partial charge in [0.1, 0.15) is 0 Å². The number of aryl methyl sites for hydroxylation is 2. The van der Waals surface area contributed by atoms with E-state index in [1.54, 1.807) is 0 Å². The standard InChI is InChI=1S/C13H22N4OS.ClH/c1-5-14-11(4)7-15-12(18)8-19-13-16-9(2)6-10(3)17-13;/h6,11,14H,5,7-8H2,1-4H3,(H,15,18);1H/t11-;/m1./s1. The molecule has 0 radical (unpaired) electrons. The van der Waals surface area contributed by atoms with Gasteiger partial charge in [-0.2, -0.15) is 0 Å². The van der Waals surface area contributed by atoms with Crippen LogP contribution in [0.25, 0.3) is 0 Å². The monoisotopic (exact) mass is 318 g/mol. The van der Waals surface area contributed by atoms with Crippen LogP contribution in [0.3, 0.4) is 0 Å². The van der Waals surface area contributed by atoms with Crippen molar-refractivity contribution in [3.8, 4) is 0 Å². The molecule has 1 rings (SSSR count). The number of hydrogen-bond donors (Lipinski definition) is 2. The lowest BCUT2D eigenvalue weighted by Gasteiger charge is -2.12. The molecule has 1 aromatic rings. The molecule has 20 heavy (non-hydrogen) atoms. The number of carbonyl (C=O) groups excluding carboxylic acids is 1. The molecule has 0 unspecified atom stereocenters. The van der Waals surface area contributed by atoms with Gasteiger partial charge in [0, 0.05) is 24.0 Å². The van der Waals surface area contributed by atoms with Gasteiger partial charge in [-0.25, -0.2) is 9.97 Å². The van der Waals surface area contributed by atoms with Gasteiger partial charge in [-0.15, -0.1) is 12.4 Å². The Kier molecular flexibility index (Phi) is 9.54. The average molecular weight is 319 g/mol. The van der Waals surface area contributed by atoms with Crippen molar-refractivity contribution in [3.63, 3.8) is 0 Å². The van der Waals surface area contributed by atoms with E-state index in [-0.39, 0.29) is 24.4 Å². The molecule has 0 spiro atoms. The lowest BCUT2D eigenvalue weighted by Crippen LogP contribution is -2.39. The minimum absolute atomic E-state index is 0. The molecule has 0 aliphatic rings. The summed E-state index contributed by atoms with van der Waals surface area (Å²) < 4.78 is 0. The van der Waals surface area contributed by atoms with E-state index in [1.807, 2.05) is 33.8 Å². The Labute approximate surface area is 131 Å². The fourth-order valence-electron chi connectivity index (χ4n) is 1.63. The summed E-state index contributed by atoms with van der Waals surface area (Å²) in [6.07, 6.45) is 0. The van der Waals surface area contributed by atoms with E-state index >= 15 is 0 Å². The first kappa shape index (κ1) is 19.1. The van der Waals surface area contributed by atoms with E-state index in [1.165, 1.54) is 11.8 Å². The minimum atomic E-state index is 0. The number of likely N-dealkylation sites (N-methyl/N-ethyl adjacent to an activating group) is 1. The van der Waals surface area contributed by atoms with Crippen molar-refractivity contribution in [1.29, 1.82) is 0 Å². The zero-order chi connectivity index (χ0) is 14.3. The van der Waals surface area contributed by atoms with Gasteiger partial charge in [-0.05, 0) is 33.4 Å². The second-order valence-electron chi connectivity index (χ2n) is 4.48. The second kappa shape index (κ2) is 9.96. The Balaban J connectivity index is 0.00000361. The summed E-state index contributed by atoms with van der Waals surface area (Å²) in [5, 5.41) is 6.79. The second-order valence-corrected chi connectivity index (χ2v) is 5.43. The first-order chi connectivity index (χ1) is 9.01. The molecular formula is C13H23ClN4OS. The van der Waals surface area contributed by atoms with Crippen LogP contribution in [0.4, 0.5) is 0 Å². The van der Waals surface area contributed by atoms with Crippen molar-refractivity contribution in [1.82, 2.24) is 20.6 Å². The summed E-state index contributed by atoms with van der Waals surface area (Å²) in [6, 6.07) is 2.21. The number of rotatable bonds is 7. The molecule has 1 atom stereocenters. The van der Waals surface area contributed by atoms with Crippen LogP contribution in [0, 0.1) is 13.8 Å². The zero-order valence-electron chi connectivity index (χ0n) is 12.4. The maximum absolute atomic E-state index is 11.7. The minimum Gasteiger partial charge on any atom is -0.354 e. The quantitative estimate of drug-likeness (QED) is 0.592. The molecule has 1 heterocycles. The Bertz CT molecular complexity index is 411. The third-order valence-corrected chi connectivity index (χ3v) is 3.30. The van der Waals surface area contributed by atoms with E-state index in [0.717, 1.165) is 17.9 Å². The molecule has 2 N–H and O–H groups in total. The Morgan fingerprint density at radius 1 is 1.35 bits per heavy atom. The van der Waals surface area contributed by atoms with Gasteiger partial charge in [0.2, 0.25) is 5.91 Å². The van der Waals surface area contributed by atoms with E-state index < -0.39 is 0 Å². The van der Waals surface area contributed by atoms with E-state index in [0.29, 0.717) is 17.5 Å².